The quantitative estimate of drug-likeness (QED) is 0.415. The zero-order valence-corrected chi connectivity index (χ0v) is 15.3. The molecule has 0 saturated carbocycles. The van der Waals surface area contributed by atoms with Crippen LogP contribution in [0.2, 0.25) is 0 Å². The van der Waals surface area contributed by atoms with Crippen molar-refractivity contribution in [1.29, 1.82) is 0 Å². The predicted octanol–water partition coefficient (Wildman–Crippen LogP) is 0.950. The molecule has 1 aromatic carbocycles. The SMILES string of the molecule is CSc1sc2ccccc2[n+]1CCCCCCC(=O)O.[Br-]. The van der Waals surface area contributed by atoms with Crippen LogP contribution in [0.15, 0.2) is 28.6 Å². The predicted molar refractivity (Wildman–Crippen MR) is 84.5 cm³/mol. The highest BCUT2D eigenvalue weighted by Crippen LogP contribution is 2.26. The Kier molecular flexibility index (Phi) is 8.29. The minimum Gasteiger partial charge on any atom is -1.00 e. The van der Waals surface area contributed by atoms with E-state index >= 15 is 0 Å². The summed E-state index contributed by atoms with van der Waals surface area (Å²) in [7, 11) is 0. The molecule has 0 unspecified atom stereocenters. The third-order valence-electron chi connectivity index (χ3n) is 3.27. The number of carbonyl (C=O) groups is 1. The summed E-state index contributed by atoms with van der Waals surface area (Å²) in [5.74, 6) is -0.687. The number of carboxylic acid groups (broad SMARTS) is 1. The fourth-order valence-corrected chi connectivity index (χ4v) is 4.21. The molecule has 0 bridgehead atoms. The summed E-state index contributed by atoms with van der Waals surface area (Å²) in [4.78, 5) is 10.4. The highest BCUT2D eigenvalue weighted by Gasteiger charge is 2.18. The molecule has 0 fully saturated rings. The lowest BCUT2D eigenvalue weighted by Crippen LogP contribution is -3.00. The summed E-state index contributed by atoms with van der Waals surface area (Å²) in [6.45, 7) is 1.02. The first-order valence-corrected chi connectivity index (χ1v) is 8.93. The van der Waals surface area contributed by atoms with Gasteiger partial charge in [0.15, 0.2) is 6.54 Å². The monoisotopic (exact) mass is 389 g/mol. The Labute approximate surface area is 144 Å². The molecule has 0 saturated heterocycles. The summed E-state index contributed by atoms with van der Waals surface area (Å²) < 4.78 is 5.07. The molecule has 1 heterocycles. The second kappa shape index (κ2) is 9.43. The highest BCUT2D eigenvalue weighted by atomic mass is 79.9. The number of hydrogen-bond donors (Lipinski definition) is 1. The van der Waals surface area contributed by atoms with Crippen molar-refractivity contribution in [2.45, 2.75) is 43.0 Å². The Hall–Kier alpha value is -0.590. The normalized spacial score (nSPS) is 10.5. The number of hydrogen-bond acceptors (Lipinski definition) is 3. The van der Waals surface area contributed by atoms with Gasteiger partial charge in [0.25, 0.3) is 4.34 Å². The summed E-state index contributed by atoms with van der Waals surface area (Å²) in [5.41, 5.74) is 1.31. The fraction of sp³-hybridized carbons (Fsp3) is 0.467. The van der Waals surface area contributed by atoms with Gasteiger partial charge in [0, 0.05) is 18.9 Å². The first-order chi connectivity index (χ1) is 9.72. The topological polar surface area (TPSA) is 41.2 Å². The van der Waals surface area contributed by atoms with Crippen LogP contribution in [0.5, 0.6) is 0 Å². The second-order valence-corrected chi connectivity index (χ2v) is 6.83. The third kappa shape index (κ3) is 5.27. The molecule has 0 aliphatic heterocycles. The number of benzene rings is 1. The Bertz CT molecular complexity index is 586. The van der Waals surface area contributed by atoms with Crippen LogP contribution in [-0.2, 0) is 11.3 Å². The van der Waals surface area contributed by atoms with E-state index in [4.69, 9.17) is 5.11 Å². The fourth-order valence-electron chi connectivity index (χ4n) is 2.28. The molecule has 0 atom stereocenters. The van der Waals surface area contributed by atoms with Gasteiger partial charge in [-0.25, -0.2) is 0 Å². The lowest BCUT2D eigenvalue weighted by molar-refractivity contribution is -0.702. The van der Waals surface area contributed by atoms with E-state index in [-0.39, 0.29) is 17.0 Å². The van der Waals surface area contributed by atoms with Crippen molar-refractivity contribution in [2.75, 3.05) is 6.26 Å². The number of thioether (sulfide) groups is 1. The van der Waals surface area contributed by atoms with E-state index in [9.17, 15) is 4.79 Å². The maximum absolute atomic E-state index is 10.4. The van der Waals surface area contributed by atoms with Gasteiger partial charge < -0.3 is 22.1 Å². The first kappa shape index (κ1) is 18.5. The number of thiazole rings is 1. The van der Waals surface area contributed by atoms with Gasteiger partial charge in [-0.15, -0.1) is 0 Å². The van der Waals surface area contributed by atoms with Crippen LogP contribution in [0.25, 0.3) is 10.2 Å². The molecule has 0 amide bonds. The summed E-state index contributed by atoms with van der Waals surface area (Å²) in [6, 6.07) is 8.51. The molecular formula is C15H20BrNO2S2. The first-order valence-electron chi connectivity index (χ1n) is 6.89. The van der Waals surface area contributed by atoms with E-state index < -0.39 is 5.97 Å². The number of carboxylic acids is 1. The van der Waals surface area contributed by atoms with E-state index in [0.29, 0.717) is 6.42 Å². The largest absolute Gasteiger partial charge is 1.00 e. The molecule has 6 heteroatoms. The smallest absolute Gasteiger partial charge is 0.303 e. The minimum atomic E-state index is -0.687. The van der Waals surface area contributed by atoms with Gasteiger partial charge in [-0.05, 0) is 36.9 Å². The van der Waals surface area contributed by atoms with E-state index in [1.54, 1.807) is 11.8 Å². The standard InChI is InChI=1S/C15H19NO2S2.BrH/c1-19-15-16(11-7-3-2-4-10-14(17)18)12-8-5-6-9-13(12)20-15;/h5-6,8-9H,2-4,7,10-11H2,1H3;1H. The van der Waals surface area contributed by atoms with Crippen molar-refractivity contribution >= 4 is 39.3 Å². The molecule has 2 aromatic rings. The number of para-hydroxylation sites is 1. The van der Waals surface area contributed by atoms with Crippen LogP contribution in [-0.4, -0.2) is 17.3 Å². The Morgan fingerprint density at radius 3 is 2.67 bits per heavy atom. The van der Waals surface area contributed by atoms with Crippen molar-refractivity contribution in [3.8, 4) is 0 Å². The third-order valence-corrected chi connectivity index (χ3v) is 5.55. The number of unbranched alkanes of at least 4 members (excludes halogenated alkanes) is 3. The van der Waals surface area contributed by atoms with Crippen molar-refractivity contribution in [3.05, 3.63) is 24.3 Å². The Balaban J connectivity index is 0.00000220. The molecule has 21 heavy (non-hydrogen) atoms. The summed E-state index contributed by atoms with van der Waals surface area (Å²) in [6.07, 6.45) is 6.42. The number of aliphatic carboxylic acids is 1. The molecule has 0 spiro atoms. The van der Waals surface area contributed by atoms with Crippen LogP contribution in [0.1, 0.15) is 32.1 Å². The molecule has 1 aromatic heterocycles. The number of aryl methyl sites for hydroxylation is 1. The van der Waals surface area contributed by atoms with Crippen molar-refractivity contribution in [1.82, 2.24) is 0 Å². The van der Waals surface area contributed by atoms with Crippen molar-refractivity contribution in [3.63, 3.8) is 0 Å². The number of rotatable bonds is 8. The van der Waals surface area contributed by atoms with Gasteiger partial charge in [0.05, 0.1) is 0 Å². The molecule has 116 valence electrons. The van der Waals surface area contributed by atoms with Crippen LogP contribution in [0.4, 0.5) is 0 Å². The number of halogens is 1. The van der Waals surface area contributed by atoms with E-state index in [1.807, 2.05) is 11.3 Å². The van der Waals surface area contributed by atoms with E-state index in [2.05, 4.69) is 35.1 Å². The maximum Gasteiger partial charge on any atom is 0.303 e. The molecule has 1 N–H and O–H groups in total. The van der Waals surface area contributed by atoms with E-state index in [1.165, 1.54) is 14.6 Å². The Morgan fingerprint density at radius 1 is 1.24 bits per heavy atom. The zero-order valence-electron chi connectivity index (χ0n) is 12.0. The van der Waals surface area contributed by atoms with Crippen molar-refractivity contribution < 1.29 is 31.4 Å². The van der Waals surface area contributed by atoms with Gasteiger partial charge >= 0.3 is 5.97 Å². The van der Waals surface area contributed by atoms with Gasteiger partial charge in [-0.2, -0.15) is 4.57 Å². The van der Waals surface area contributed by atoms with Crippen molar-refractivity contribution in [2.24, 2.45) is 0 Å². The number of fused-ring (bicyclic) bond motifs is 1. The lowest BCUT2D eigenvalue weighted by atomic mass is 10.1. The van der Waals surface area contributed by atoms with Gasteiger partial charge in [-0.1, -0.05) is 29.9 Å². The molecule has 0 aliphatic rings. The molecule has 2 rings (SSSR count). The second-order valence-electron chi connectivity index (χ2n) is 4.75. The summed E-state index contributed by atoms with van der Waals surface area (Å²) >= 11 is 3.64. The van der Waals surface area contributed by atoms with Gasteiger partial charge in [-0.3, -0.25) is 4.79 Å². The Morgan fingerprint density at radius 2 is 1.95 bits per heavy atom. The molecule has 3 nitrogen and oxygen atoms in total. The lowest BCUT2D eigenvalue weighted by Gasteiger charge is -1.99. The van der Waals surface area contributed by atoms with Gasteiger partial charge in [0.2, 0.25) is 5.52 Å². The average molecular weight is 390 g/mol. The zero-order chi connectivity index (χ0) is 14.4. The molecular weight excluding hydrogens is 370 g/mol. The molecule has 0 radical (unpaired) electrons. The highest BCUT2D eigenvalue weighted by molar-refractivity contribution is 8.00. The van der Waals surface area contributed by atoms with E-state index in [0.717, 1.165) is 32.2 Å². The number of nitrogens with zero attached hydrogens (tertiary/aromatic N) is 1. The van der Waals surface area contributed by atoms with Crippen LogP contribution in [0, 0.1) is 0 Å². The number of aromatic nitrogens is 1. The molecule has 0 aliphatic carbocycles. The van der Waals surface area contributed by atoms with Gasteiger partial charge in [0.1, 0.15) is 4.70 Å². The average Bonchev–Trinajstić information content (AvgIpc) is 2.80. The van der Waals surface area contributed by atoms with Crippen LogP contribution in [0.3, 0.4) is 0 Å². The minimum absolute atomic E-state index is 0. The summed E-state index contributed by atoms with van der Waals surface area (Å²) in [5, 5.41) is 8.60. The van der Waals surface area contributed by atoms with Crippen LogP contribution >= 0.6 is 23.1 Å². The van der Waals surface area contributed by atoms with Crippen LogP contribution < -0.4 is 21.5 Å². The maximum atomic E-state index is 10.4.